The van der Waals surface area contributed by atoms with E-state index in [2.05, 4.69) is 31.9 Å². The van der Waals surface area contributed by atoms with E-state index in [9.17, 15) is 0 Å². The van der Waals surface area contributed by atoms with Gasteiger partial charge in [0.25, 0.3) is 0 Å². The van der Waals surface area contributed by atoms with Crippen molar-refractivity contribution in [2.75, 3.05) is 0 Å². The summed E-state index contributed by atoms with van der Waals surface area (Å²) in [5.74, 6) is 0. The summed E-state index contributed by atoms with van der Waals surface area (Å²) in [6.45, 7) is 5.00. The van der Waals surface area contributed by atoms with Crippen molar-refractivity contribution in [1.82, 2.24) is 0 Å². The first-order chi connectivity index (χ1) is 2.00. The third-order valence-electron chi connectivity index (χ3n) is 0. The molecule has 2 heteroatoms. The van der Waals surface area contributed by atoms with Crippen LogP contribution in [0.5, 0.6) is 0 Å². The molecule has 0 fully saturated rings. The first-order valence-electron chi connectivity index (χ1n) is 0.830. The summed E-state index contributed by atoms with van der Waals surface area (Å²) in [5.41, 5.74) is 0. The van der Waals surface area contributed by atoms with Gasteiger partial charge in [0.15, 0.2) is 0 Å². The maximum atomic E-state index is 3.77. The van der Waals surface area contributed by atoms with Gasteiger partial charge in [0, 0.05) is 0 Å². The predicted octanol–water partition coefficient (Wildman–Crippen LogP) is 1.49. The summed E-state index contributed by atoms with van der Waals surface area (Å²) >= 11 is 3.77. The monoisotopic (exact) mass is 124 g/mol. The van der Waals surface area contributed by atoms with Gasteiger partial charge in [0.05, 0.1) is 0 Å². The molecular weight excluding hydrogens is 120 g/mol. The minimum atomic E-state index is 1.75. The third kappa shape index (κ3) is 15.2. The number of hydrogen-bond acceptors (Lipinski definition) is 1. The summed E-state index contributed by atoms with van der Waals surface area (Å²) < 4.78 is 0. The zero-order valence-electron chi connectivity index (χ0n) is 2.42. The zero-order chi connectivity index (χ0) is 4.00. The standard InChI is InChI=1S/C2H5.Cu.S/c1-2;;/h1H2,2H3;;/q-1;;. The second-order valence-electron chi connectivity index (χ2n) is 0. The van der Waals surface area contributed by atoms with Gasteiger partial charge < -0.3 is 6.92 Å². The first-order valence-corrected chi connectivity index (χ1v) is 2.23. The molecule has 31 valence electrons. The Kier molecular flexibility index (Phi) is 113. The molecule has 0 saturated heterocycles. The van der Waals surface area contributed by atoms with Crippen LogP contribution in [-0.4, -0.2) is 0 Å². The van der Waals surface area contributed by atoms with Gasteiger partial charge in [-0.15, -0.1) is 0 Å². The Labute approximate surface area is 39.3 Å². The first kappa shape index (κ1) is 8.83. The van der Waals surface area contributed by atoms with E-state index < -0.39 is 0 Å². The van der Waals surface area contributed by atoms with Crippen molar-refractivity contribution < 1.29 is 14.4 Å². The molecule has 0 bridgehead atoms. The Morgan fingerprint density at radius 3 is 1.50 bits per heavy atom. The molecule has 0 spiro atoms. The molecule has 0 nitrogen and oxygen atoms in total. The van der Waals surface area contributed by atoms with Crippen LogP contribution in [0.25, 0.3) is 0 Å². The molecule has 0 aliphatic carbocycles. The summed E-state index contributed by atoms with van der Waals surface area (Å²) in [6.07, 6.45) is 0. The van der Waals surface area contributed by atoms with Gasteiger partial charge in [0.1, 0.15) is 0 Å². The van der Waals surface area contributed by atoms with Crippen LogP contribution >= 0.6 is 10.6 Å². The molecule has 0 radical (unpaired) electrons. The normalized spacial score (nSPS) is 3.00. The van der Waals surface area contributed by atoms with Crippen LogP contribution in [0.15, 0.2) is 0 Å². The Bertz CT molecular complexity index is 6.00. The van der Waals surface area contributed by atoms with E-state index in [4.69, 9.17) is 0 Å². The molecule has 0 atom stereocenters. The second kappa shape index (κ2) is 51.3. The van der Waals surface area contributed by atoms with E-state index in [1.54, 1.807) is 6.92 Å². The molecule has 0 saturated carbocycles. The van der Waals surface area contributed by atoms with Crippen LogP contribution in [0.4, 0.5) is 0 Å². The minimum absolute atomic E-state index is 1.75. The predicted molar refractivity (Wildman–Crippen MR) is 18.6 cm³/mol. The quantitative estimate of drug-likeness (QED) is 0.348. The number of rotatable bonds is 0. The summed E-state index contributed by atoms with van der Waals surface area (Å²) in [6, 6.07) is 0. The van der Waals surface area contributed by atoms with Crippen LogP contribution in [0.3, 0.4) is 0 Å². The van der Waals surface area contributed by atoms with E-state index in [0.717, 1.165) is 0 Å². The van der Waals surface area contributed by atoms with Crippen LogP contribution in [0.1, 0.15) is 6.92 Å². The average Bonchev–Trinajstić information content (AvgIpc) is 1.50. The van der Waals surface area contributed by atoms with Crippen molar-refractivity contribution in [2.45, 2.75) is 6.92 Å². The van der Waals surface area contributed by atoms with Crippen molar-refractivity contribution in [3.63, 3.8) is 0 Å². The Hall–Kier alpha value is 0.739. The van der Waals surface area contributed by atoms with E-state index in [1.807, 2.05) is 0 Å². The SMILES string of the molecule is [CH2-]C.[S]=[Cu]. The van der Waals surface area contributed by atoms with Gasteiger partial charge in [-0.3, -0.25) is 0 Å². The van der Waals surface area contributed by atoms with Crippen LogP contribution in [-0.2, 0) is 14.4 Å². The Morgan fingerprint density at radius 2 is 1.50 bits per heavy atom. The fourth-order valence-electron chi connectivity index (χ4n) is 0. The van der Waals surface area contributed by atoms with Crippen LogP contribution < -0.4 is 0 Å². The molecule has 4 heavy (non-hydrogen) atoms. The fraction of sp³-hybridized carbons (Fsp3) is 0.500. The van der Waals surface area contributed by atoms with Crippen molar-refractivity contribution in [3.8, 4) is 0 Å². The summed E-state index contributed by atoms with van der Waals surface area (Å²) in [5, 5.41) is 0. The molecule has 0 aliphatic heterocycles. The third-order valence-corrected chi connectivity index (χ3v) is 0. The summed E-state index contributed by atoms with van der Waals surface area (Å²) in [4.78, 5) is 0. The fourth-order valence-corrected chi connectivity index (χ4v) is 0. The Morgan fingerprint density at radius 1 is 1.50 bits per heavy atom. The van der Waals surface area contributed by atoms with Gasteiger partial charge in [-0.25, -0.2) is 0 Å². The molecule has 0 aromatic rings. The Balaban J connectivity index is 0. The van der Waals surface area contributed by atoms with Crippen LogP contribution in [0.2, 0.25) is 0 Å². The molecule has 0 amide bonds. The second-order valence-corrected chi connectivity index (χ2v) is 0. The molecule has 0 N–H and O–H groups in total. The van der Waals surface area contributed by atoms with Gasteiger partial charge >= 0.3 is 24.9 Å². The molecule has 0 unspecified atom stereocenters. The van der Waals surface area contributed by atoms with Crippen LogP contribution in [0, 0.1) is 6.92 Å². The molecule has 0 heterocycles. The van der Waals surface area contributed by atoms with Crippen molar-refractivity contribution in [2.24, 2.45) is 0 Å². The topological polar surface area (TPSA) is 0 Å². The van der Waals surface area contributed by atoms with Gasteiger partial charge in [0.2, 0.25) is 0 Å². The zero-order valence-corrected chi connectivity index (χ0v) is 4.18. The average molecular weight is 125 g/mol. The van der Waals surface area contributed by atoms with Gasteiger partial charge in [-0.2, -0.15) is 6.92 Å². The number of hydrogen-bond donors (Lipinski definition) is 0. The van der Waals surface area contributed by atoms with Gasteiger partial charge in [-0.05, 0) is 0 Å². The van der Waals surface area contributed by atoms with Crippen molar-refractivity contribution in [3.05, 3.63) is 6.92 Å². The van der Waals surface area contributed by atoms with Crippen molar-refractivity contribution in [1.29, 1.82) is 0 Å². The van der Waals surface area contributed by atoms with E-state index in [0.29, 0.717) is 0 Å². The van der Waals surface area contributed by atoms with E-state index >= 15 is 0 Å². The maximum absolute atomic E-state index is 3.77. The molecule has 0 aromatic heterocycles. The van der Waals surface area contributed by atoms with Crippen molar-refractivity contribution >= 4 is 10.6 Å². The molecule has 0 aliphatic rings. The van der Waals surface area contributed by atoms with E-state index in [-0.39, 0.29) is 0 Å². The molecule has 0 aromatic carbocycles. The summed E-state index contributed by atoms with van der Waals surface area (Å²) in [7, 11) is 3.65. The van der Waals surface area contributed by atoms with Gasteiger partial charge in [-0.1, -0.05) is 0 Å². The molecule has 0 rings (SSSR count). The van der Waals surface area contributed by atoms with E-state index in [1.165, 1.54) is 0 Å². The molecular formula is C2H5CuS-.